The Morgan fingerprint density at radius 1 is 1.52 bits per heavy atom. The van der Waals surface area contributed by atoms with Gasteiger partial charge in [0.1, 0.15) is 10.6 Å². The van der Waals surface area contributed by atoms with Crippen LogP contribution in [0.5, 0.6) is 5.75 Å². The molecule has 8 heteroatoms. The summed E-state index contributed by atoms with van der Waals surface area (Å²) in [7, 11) is -2.68. The van der Waals surface area contributed by atoms with Crippen molar-refractivity contribution in [1.29, 1.82) is 0 Å². The molecule has 0 saturated carbocycles. The standard InChI is InChI=1S/C13H16N2O5S/c1-4-6-10(5-2)14-21(18,19)13-9-11(15(16)17)7-8-12(13)20-3/h1,7-10,14H,5-6H2,2-3H3. The van der Waals surface area contributed by atoms with Crippen LogP contribution < -0.4 is 9.46 Å². The van der Waals surface area contributed by atoms with Gasteiger partial charge in [-0.05, 0) is 12.5 Å². The molecule has 0 bridgehead atoms. The van der Waals surface area contributed by atoms with Gasteiger partial charge in [-0.2, -0.15) is 0 Å². The van der Waals surface area contributed by atoms with Crippen molar-refractivity contribution in [3.05, 3.63) is 28.3 Å². The van der Waals surface area contributed by atoms with Crippen LogP contribution in [0.1, 0.15) is 19.8 Å². The molecule has 1 atom stereocenters. The van der Waals surface area contributed by atoms with E-state index in [9.17, 15) is 18.5 Å². The van der Waals surface area contributed by atoms with Crippen LogP contribution >= 0.6 is 0 Å². The Kier molecular flexibility index (Phi) is 5.69. The fraction of sp³-hybridized carbons (Fsp3) is 0.385. The van der Waals surface area contributed by atoms with Crippen LogP contribution in [0.25, 0.3) is 0 Å². The Morgan fingerprint density at radius 3 is 2.67 bits per heavy atom. The molecule has 0 aliphatic rings. The van der Waals surface area contributed by atoms with Gasteiger partial charge in [-0.3, -0.25) is 10.1 Å². The zero-order valence-corrected chi connectivity index (χ0v) is 12.5. The van der Waals surface area contributed by atoms with E-state index in [1.165, 1.54) is 19.2 Å². The fourth-order valence-corrected chi connectivity index (χ4v) is 3.19. The van der Waals surface area contributed by atoms with E-state index in [-0.39, 0.29) is 22.8 Å². The van der Waals surface area contributed by atoms with Crippen LogP contribution in [0.3, 0.4) is 0 Å². The largest absolute Gasteiger partial charge is 0.495 e. The molecule has 114 valence electrons. The lowest BCUT2D eigenvalue weighted by Gasteiger charge is -2.16. The maximum absolute atomic E-state index is 12.3. The number of nitro benzene ring substituents is 1. The number of non-ortho nitro benzene ring substituents is 1. The third kappa shape index (κ3) is 4.18. The molecule has 0 saturated heterocycles. The molecular formula is C13H16N2O5S. The van der Waals surface area contributed by atoms with E-state index in [1.807, 2.05) is 0 Å². The topological polar surface area (TPSA) is 98.5 Å². The number of terminal acetylenes is 1. The quantitative estimate of drug-likeness (QED) is 0.469. The van der Waals surface area contributed by atoms with Crippen molar-refractivity contribution in [3.8, 4) is 18.1 Å². The van der Waals surface area contributed by atoms with Crippen molar-refractivity contribution >= 4 is 15.7 Å². The van der Waals surface area contributed by atoms with Gasteiger partial charge in [0.05, 0.1) is 12.0 Å². The van der Waals surface area contributed by atoms with Crippen molar-refractivity contribution in [2.24, 2.45) is 0 Å². The van der Waals surface area contributed by atoms with E-state index in [4.69, 9.17) is 11.2 Å². The van der Waals surface area contributed by atoms with Gasteiger partial charge in [-0.1, -0.05) is 6.92 Å². The summed E-state index contributed by atoms with van der Waals surface area (Å²) in [6.07, 6.45) is 5.91. The Hall–Kier alpha value is -2.11. The highest BCUT2D eigenvalue weighted by Crippen LogP contribution is 2.28. The van der Waals surface area contributed by atoms with E-state index < -0.39 is 21.0 Å². The maximum Gasteiger partial charge on any atom is 0.271 e. The molecule has 0 aliphatic heterocycles. The summed E-state index contributed by atoms with van der Waals surface area (Å²) in [5, 5.41) is 10.8. The molecule has 7 nitrogen and oxygen atoms in total. The minimum atomic E-state index is -3.97. The predicted octanol–water partition coefficient (Wildman–Crippen LogP) is 1.68. The minimum Gasteiger partial charge on any atom is -0.495 e. The highest BCUT2D eigenvalue weighted by molar-refractivity contribution is 7.89. The number of nitrogens with zero attached hydrogens (tertiary/aromatic N) is 1. The molecule has 0 amide bonds. The summed E-state index contributed by atoms with van der Waals surface area (Å²) in [4.78, 5) is 9.83. The molecule has 0 aliphatic carbocycles. The van der Waals surface area contributed by atoms with E-state index in [1.54, 1.807) is 6.92 Å². The van der Waals surface area contributed by atoms with Crippen LogP contribution in [0.4, 0.5) is 5.69 Å². The predicted molar refractivity (Wildman–Crippen MR) is 77.5 cm³/mol. The first-order valence-electron chi connectivity index (χ1n) is 6.14. The molecule has 0 heterocycles. The summed E-state index contributed by atoms with van der Waals surface area (Å²) in [6, 6.07) is 2.94. The molecule has 1 aromatic carbocycles. The SMILES string of the molecule is C#CCC(CC)NS(=O)(=O)c1cc([N+](=O)[O-])ccc1OC. The van der Waals surface area contributed by atoms with Gasteiger partial charge in [0.15, 0.2) is 0 Å². The Morgan fingerprint density at radius 2 is 2.19 bits per heavy atom. The van der Waals surface area contributed by atoms with E-state index in [0.29, 0.717) is 6.42 Å². The number of methoxy groups -OCH3 is 1. The molecular weight excluding hydrogens is 296 g/mol. The fourth-order valence-electron chi connectivity index (χ4n) is 1.68. The molecule has 0 fully saturated rings. The van der Waals surface area contributed by atoms with Crippen LogP contribution in [-0.2, 0) is 10.0 Å². The first-order valence-corrected chi connectivity index (χ1v) is 7.62. The van der Waals surface area contributed by atoms with E-state index in [0.717, 1.165) is 6.07 Å². The second kappa shape index (κ2) is 7.06. The number of ether oxygens (including phenoxy) is 1. The van der Waals surface area contributed by atoms with Gasteiger partial charge in [-0.25, -0.2) is 13.1 Å². The number of hydrogen-bond acceptors (Lipinski definition) is 5. The van der Waals surface area contributed by atoms with E-state index >= 15 is 0 Å². The average Bonchev–Trinajstić information content (AvgIpc) is 2.45. The normalized spacial score (nSPS) is 12.4. The molecule has 21 heavy (non-hydrogen) atoms. The Balaban J connectivity index is 3.26. The molecule has 0 spiro atoms. The summed E-state index contributed by atoms with van der Waals surface area (Å²) in [6.45, 7) is 1.79. The third-order valence-corrected chi connectivity index (χ3v) is 4.37. The van der Waals surface area contributed by atoms with Gasteiger partial charge in [0, 0.05) is 24.6 Å². The molecule has 1 aromatic rings. The minimum absolute atomic E-state index is 0.0312. The second-order valence-electron chi connectivity index (χ2n) is 4.23. The molecule has 1 N–H and O–H groups in total. The zero-order valence-electron chi connectivity index (χ0n) is 11.7. The van der Waals surface area contributed by atoms with Crippen LogP contribution in [0.2, 0.25) is 0 Å². The highest BCUT2D eigenvalue weighted by Gasteiger charge is 2.25. The maximum atomic E-state index is 12.3. The summed E-state index contributed by atoms with van der Waals surface area (Å²) >= 11 is 0. The number of hydrogen-bond donors (Lipinski definition) is 1. The van der Waals surface area contributed by atoms with Crippen molar-refractivity contribution < 1.29 is 18.1 Å². The van der Waals surface area contributed by atoms with Gasteiger partial charge in [0.25, 0.3) is 5.69 Å². The molecule has 0 aromatic heterocycles. The van der Waals surface area contributed by atoms with E-state index in [2.05, 4.69) is 10.6 Å². The first-order chi connectivity index (χ1) is 9.85. The van der Waals surface area contributed by atoms with Crippen molar-refractivity contribution in [3.63, 3.8) is 0 Å². The average molecular weight is 312 g/mol. The van der Waals surface area contributed by atoms with Crippen LogP contribution in [0.15, 0.2) is 23.1 Å². The van der Waals surface area contributed by atoms with Crippen LogP contribution in [0, 0.1) is 22.5 Å². The second-order valence-corrected chi connectivity index (χ2v) is 5.91. The molecule has 1 unspecified atom stereocenters. The van der Waals surface area contributed by atoms with Gasteiger partial charge in [-0.15, -0.1) is 12.3 Å². The third-order valence-electron chi connectivity index (χ3n) is 2.83. The Bertz CT molecular complexity index is 664. The number of sulfonamides is 1. The highest BCUT2D eigenvalue weighted by atomic mass is 32.2. The lowest BCUT2D eigenvalue weighted by atomic mass is 10.2. The van der Waals surface area contributed by atoms with Crippen molar-refractivity contribution in [2.75, 3.05) is 7.11 Å². The first kappa shape index (κ1) is 16.9. The smallest absolute Gasteiger partial charge is 0.271 e. The lowest BCUT2D eigenvalue weighted by Crippen LogP contribution is -2.34. The van der Waals surface area contributed by atoms with Crippen molar-refractivity contribution in [2.45, 2.75) is 30.7 Å². The monoisotopic (exact) mass is 312 g/mol. The van der Waals surface area contributed by atoms with Crippen LogP contribution in [-0.4, -0.2) is 26.5 Å². The lowest BCUT2D eigenvalue weighted by molar-refractivity contribution is -0.385. The number of rotatable bonds is 7. The number of nitro groups is 1. The number of nitrogens with one attached hydrogen (secondary N) is 1. The zero-order chi connectivity index (χ0) is 16.0. The van der Waals surface area contributed by atoms with Gasteiger partial charge < -0.3 is 4.74 Å². The summed E-state index contributed by atoms with van der Waals surface area (Å²) < 4.78 is 32.1. The molecule has 1 rings (SSSR count). The summed E-state index contributed by atoms with van der Waals surface area (Å²) in [5.74, 6) is 2.42. The van der Waals surface area contributed by atoms with Gasteiger partial charge >= 0.3 is 0 Å². The van der Waals surface area contributed by atoms with Crippen molar-refractivity contribution in [1.82, 2.24) is 4.72 Å². The molecule has 0 radical (unpaired) electrons. The Labute approximate surface area is 123 Å². The summed E-state index contributed by atoms with van der Waals surface area (Å²) in [5.41, 5.74) is -0.332. The number of benzene rings is 1. The van der Waals surface area contributed by atoms with Gasteiger partial charge in [0.2, 0.25) is 10.0 Å².